The number of benzene rings is 1. The zero-order valence-electron chi connectivity index (χ0n) is 14.9. The summed E-state index contributed by atoms with van der Waals surface area (Å²) in [6, 6.07) is 6.38. The molecule has 23 heavy (non-hydrogen) atoms. The molecule has 0 saturated heterocycles. The first-order chi connectivity index (χ1) is 10.7. The summed E-state index contributed by atoms with van der Waals surface area (Å²) in [5, 5.41) is 3.42. The Balaban J connectivity index is 2.29. The van der Waals surface area contributed by atoms with E-state index in [4.69, 9.17) is 4.74 Å². The van der Waals surface area contributed by atoms with Gasteiger partial charge < -0.3 is 15.0 Å². The van der Waals surface area contributed by atoms with E-state index in [9.17, 15) is 4.79 Å². The van der Waals surface area contributed by atoms with Gasteiger partial charge in [-0.1, -0.05) is 28.1 Å². The number of halogens is 1. The Bertz CT molecular complexity index is 512. The number of rotatable bonds is 7. The zero-order valence-corrected chi connectivity index (χ0v) is 16.5. The standard InChI is InChI=1S/C18H29BrN2O2/c1-6-21(17(22)23-18(3,4)5)11-7-10-20-13-15-9-8-14(2)16(19)12-15/h8-9,12,20H,6-7,10-11,13H2,1-5H3. The SMILES string of the molecule is CCN(CCCNCc1ccc(C)c(Br)c1)C(=O)OC(C)(C)C. The van der Waals surface area contributed by atoms with Crippen molar-refractivity contribution in [3.05, 3.63) is 33.8 Å². The van der Waals surface area contributed by atoms with Crippen LogP contribution < -0.4 is 5.32 Å². The Kier molecular flexibility index (Phi) is 8.06. The van der Waals surface area contributed by atoms with Crippen LogP contribution in [0.2, 0.25) is 0 Å². The van der Waals surface area contributed by atoms with Crippen LogP contribution in [0.1, 0.15) is 45.2 Å². The molecular formula is C18H29BrN2O2. The molecule has 0 heterocycles. The molecule has 1 N–H and O–H groups in total. The molecule has 0 radical (unpaired) electrons. The van der Waals surface area contributed by atoms with Crippen LogP contribution in [0.3, 0.4) is 0 Å². The van der Waals surface area contributed by atoms with Crippen molar-refractivity contribution >= 4 is 22.0 Å². The van der Waals surface area contributed by atoms with E-state index in [1.54, 1.807) is 4.90 Å². The lowest BCUT2D eigenvalue weighted by Crippen LogP contribution is -2.38. The minimum absolute atomic E-state index is 0.234. The topological polar surface area (TPSA) is 41.6 Å². The van der Waals surface area contributed by atoms with Crippen LogP contribution in [0.15, 0.2) is 22.7 Å². The predicted octanol–water partition coefficient (Wildman–Crippen LogP) is 4.49. The molecule has 1 rings (SSSR count). The van der Waals surface area contributed by atoms with Gasteiger partial charge in [0, 0.05) is 24.1 Å². The van der Waals surface area contributed by atoms with E-state index in [1.165, 1.54) is 11.1 Å². The van der Waals surface area contributed by atoms with Gasteiger partial charge in [0.15, 0.2) is 0 Å². The Morgan fingerprint density at radius 1 is 1.35 bits per heavy atom. The van der Waals surface area contributed by atoms with Gasteiger partial charge in [-0.2, -0.15) is 0 Å². The Morgan fingerprint density at radius 2 is 2.04 bits per heavy atom. The number of hydrogen-bond acceptors (Lipinski definition) is 3. The molecular weight excluding hydrogens is 356 g/mol. The molecule has 0 unspecified atom stereocenters. The van der Waals surface area contributed by atoms with Crippen molar-refractivity contribution in [2.75, 3.05) is 19.6 Å². The highest BCUT2D eigenvalue weighted by atomic mass is 79.9. The maximum absolute atomic E-state index is 12.0. The van der Waals surface area contributed by atoms with Crippen molar-refractivity contribution < 1.29 is 9.53 Å². The number of ether oxygens (including phenoxy) is 1. The van der Waals surface area contributed by atoms with Crippen molar-refractivity contribution in [3.63, 3.8) is 0 Å². The van der Waals surface area contributed by atoms with Gasteiger partial charge >= 0.3 is 6.09 Å². The second kappa shape index (κ2) is 9.28. The highest BCUT2D eigenvalue weighted by molar-refractivity contribution is 9.10. The van der Waals surface area contributed by atoms with E-state index in [0.717, 1.165) is 24.0 Å². The average Bonchev–Trinajstić information content (AvgIpc) is 2.44. The summed E-state index contributed by atoms with van der Waals surface area (Å²) >= 11 is 3.55. The monoisotopic (exact) mass is 384 g/mol. The third-order valence-electron chi connectivity index (χ3n) is 3.38. The lowest BCUT2D eigenvalue weighted by Gasteiger charge is -2.26. The first kappa shape index (κ1) is 20.0. The lowest BCUT2D eigenvalue weighted by molar-refractivity contribution is 0.0258. The summed E-state index contributed by atoms with van der Waals surface area (Å²) in [6.45, 7) is 12.8. The van der Waals surface area contributed by atoms with E-state index in [2.05, 4.69) is 46.4 Å². The summed E-state index contributed by atoms with van der Waals surface area (Å²) in [6.07, 6.45) is 0.669. The summed E-state index contributed by atoms with van der Waals surface area (Å²) in [7, 11) is 0. The van der Waals surface area contributed by atoms with Gasteiger partial charge in [0.1, 0.15) is 5.60 Å². The van der Waals surface area contributed by atoms with Crippen molar-refractivity contribution in [2.45, 2.75) is 53.2 Å². The number of nitrogens with zero attached hydrogens (tertiary/aromatic N) is 1. The normalized spacial score (nSPS) is 11.4. The highest BCUT2D eigenvalue weighted by Crippen LogP contribution is 2.17. The van der Waals surface area contributed by atoms with Gasteiger partial charge in [-0.3, -0.25) is 0 Å². The second-order valence-electron chi connectivity index (χ2n) is 6.67. The predicted molar refractivity (Wildman–Crippen MR) is 98.7 cm³/mol. The van der Waals surface area contributed by atoms with Crippen molar-refractivity contribution in [1.29, 1.82) is 0 Å². The zero-order chi connectivity index (χ0) is 17.5. The van der Waals surface area contributed by atoms with Gasteiger partial charge in [0.05, 0.1) is 0 Å². The maximum Gasteiger partial charge on any atom is 0.410 e. The fraction of sp³-hybridized carbons (Fsp3) is 0.611. The molecule has 1 aromatic carbocycles. The van der Waals surface area contributed by atoms with Crippen molar-refractivity contribution in [2.24, 2.45) is 0 Å². The number of hydrogen-bond donors (Lipinski definition) is 1. The van der Waals surface area contributed by atoms with Crippen molar-refractivity contribution in [3.8, 4) is 0 Å². The van der Waals surface area contributed by atoms with Gasteiger partial charge in [0.25, 0.3) is 0 Å². The Hall–Kier alpha value is -1.07. The number of nitrogens with one attached hydrogen (secondary N) is 1. The van der Waals surface area contributed by atoms with Gasteiger partial charge in [-0.15, -0.1) is 0 Å². The van der Waals surface area contributed by atoms with Crippen LogP contribution in [-0.4, -0.2) is 36.2 Å². The minimum atomic E-state index is -0.443. The smallest absolute Gasteiger partial charge is 0.410 e. The van der Waals surface area contributed by atoms with Crippen LogP contribution >= 0.6 is 15.9 Å². The van der Waals surface area contributed by atoms with E-state index in [1.807, 2.05) is 27.7 Å². The molecule has 0 bridgehead atoms. The fourth-order valence-corrected chi connectivity index (χ4v) is 2.51. The number of carbonyl (C=O) groups is 1. The highest BCUT2D eigenvalue weighted by Gasteiger charge is 2.20. The molecule has 0 aliphatic carbocycles. The third-order valence-corrected chi connectivity index (χ3v) is 4.23. The van der Waals surface area contributed by atoms with Crippen LogP contribution in [0, 0.1) is 6.92 Å². The molecule has 1 aromatic rings. The molecule has 0 aliphatic rings. The van der Waals surface area contributed by atoms with E-state index in [0.29, 0.717) is 13.1 Å². The molecule has 4 nitrogen and oxygen atoms in total. The van der Waals surface area contributed by atoms with Crippen LogP contribution in [0.25, 0.3) is 0 Å². The van der Waals surface area contributed by atoms with E-state index >= 15 is 0 Å². The molecule has 0 fully saturated rings. The maximum atomic E-state index is 12.0. The lowest BCUT2D eigenvalue weighted by atomic mass is 10.1. The largest absolute Gasteiger partial charge is 0.444 e. The fourth-order valence-electron chi connectivity index (χ4n) is 2.08. The molecule has 0 aromatic heterocycles. The number of carbonyl (C=O) groups excluding carboxylic acids is 1. The number of amides is 1. The molecule has 0 saturated carbocycles. The van der Waals surface area contributed by atoms with Gasteiger partial charge in [-0.25, -0.2) is 4.79 Å². The van der Waals surface area contributed by atoms with Crippen LogP contribution in [-0.2, 0) is 11.3 Å². The molecule has 0 atom stereocenters. The van der Waals surface area contributed by atoms with E-state index in [-0.39, 0.29) is 6.09 Å². The van der Waals surface area contributed by atoms with E-state index < -0.39 is 5.60 Å². The molecule has 1 amide bonds. The molecule has 0 aliphatic heterocycles. The van der Waals surface area contributed by atoms with Crippen molar-refractivity contribution in [1.82, 2.24) is 10.2 Å². The van der Waals surface area contributed by atoms with Gasteiger partial charge in [0.2, 0.25) is 0 Å². The summed E-state index contributed by atoms with van der Waals surface area (Å²) in [5.41, 5.74) is 2.05. The molecule has 130 valence electrons. The second-order valence-corrected chi connectivity index (χ2v) is 7.53. The minimum Gasteiger partial charge on any atom is -0.444 e. The van der Waals surface area contributed by atoms with Crippen LogP contribution in [0.4, 0.5) is 4.79 Å². The molecule has 5 heteroatoms. The first-order valence-electron chi connectivity index (χ1n) is 8.16. The third kappa shape index (κ3) is 7.84. The Labute approximate surface area is 148 Å². The summed E-state index contributed by atoms with van der Waals surface area (Å²) < 4.78 is 6.54. The Morgan fingerprint density at radius 3 is 2.61 bits per heavy atom. The summed E-state index contributed by atoms with van der Waals surface area (Å²) in [5.74, 6) is 0. The average molecular weight is 385 g/mol. The first-order valence-corrected chi connectivity index (χ1v) is 8.96. The van der Waals surface area contributed by atoms with Crippen LogP contribution in [0.5, 0.6) is 0 Å². The molecule has 0 spiro atoms. The quantitative estimate of drug-likeness (QED) is 0.703. The number of aryl methyl sites for hydroxylation is 1. The summed E-state index contributed by atoms with van der Waals surface area (Å²) in [4.78, 5) is 13.8. The van der Waals surface area contributed by atoms with Gasteiger partial charge in [-0.05, 0) is 64.8 Å².